The minimum atomic E-state index is -0.547. The molecule has 0 aliphatic rings. The van der Waals surface area contributed by atoms with E-state index >= 15 is 0 Å². The zero-order valence-electron chi connectivity index (χ0n) is 13.3. The van der Waals surface area contributed by atoms with Crippen molar-refractivity contribution in [1.82, 2.24) is 0 Å². The summed E-state index contributed by atoms with van der Waals surface area (Å²) in [6, 6.07) is 15.6. The topological polar surface area (TPSA) is 47.6 Å². The number of benzene rings is 2. The van der Waals surface area contributed by atoms with Crippen LogP contribution in [0.5, 0.6) is 5.75 Å². The normalized spacial score (nSPS) is 10.9. The summed E-state index contributed by atoms with van der Waals surface area (Å²) < 4.78 is 10.6. The van der Waals surface area contributed by atoms with E-state index in [9.17, 15) is 4.79 Å². The van der Waals surface area contributed by atoms with Gasteiger partial charge in [-0.05, 0) is 44.0 Å². The van der Waals surface area contributed by atoms with E-state index in [0.717, 1.165) is 11.1 Å². The lowest BCUT2D eigenvalue weighted by Gasteiger charge is -2.20. The number of rotatable bonds is 3. The van der Waals surface area contributed by atoms with Crippen LogP contribution in [-0.2, 0) is 4.74 Å². The molecule has 0 spiro atoms. The summed E-state index contributed by atoms with van der Waals surface area (Å²) >= 11 is 0. The van der Waals surface area contributed by atoms with Gasteiger partial charge in [-0.25, -0.2) is 4.79 Å². The van der Waals surface area contributed by atoms with Crippen LogP contribution in [0.4, 0.5) is 10.5 Å². The standard InChI is InChI=1S/C18H21NO3/c1-18(2,3)22-17(20)19-15-12-14(10-11-16(15)21-4)13-8-6-5-7-9-13/h5-12H,1-4H3,(H,19,20). The van der Waals surface area contributed by atoms with Crippen LogP contribution in [0, 0.1) is 0 Å². The summed E-state index contributed by atoms with van der Waals surface area (Å²) in [5.41, 5.74) is 2.09. The summed E-state index contributed by atoms with van der Waals surface area (Å²) in [6.45, 7) is 5.47. The Labute approximate surface area is 131 Å². The highest BCUT2D eigenvalue weighted by Gasteiger charge is 2.17. The summed E-state index contributed by atoms with van der Waals surface area (Å²) in [6.07, 6.45) is -0.504. The molecule has 0 atom stereocenters. The molecule has 4 heteroatoms. The molecule has 2 rings (SSSR count). The van der Waals surface area contributed by atoms with Gasteiger partial charge in [-0.15, -0.1) is 0 Å². The van der Waals surface area contributed by atoms with Crippen LogP contribution in [0.25, 0.3) is 11.1 Å². The highest BCUT2D eigenvalue weighted by molar-refractivity contribution is 5.88. The molecule has 0 saturated carbocycles. The van der Waals surface area contributed by atoms with Gasteiger partial charge in [-0.3, -0.25) is 5.32 Å². The van der Waals surface area contributed by atoms with E-state index in [1.165, 1.54) is 0 Å². The molecule has 0 unspecified atom stereocenters. The van der Waals surface area contributed by atoms with Gasteiger partial charge >= 0.3 is 6.09 Å². The summed E-state index contributed by atoms with van der Waals surface area (Å²) in [7, 11) is 1.57. The fourth-order valence-electron chi connectivity index (χ4n) is 2.03. The SMILES string of the molecule is COc1ccc(-c2ccccc2)cc1NC(=O)OC(C)(C)C. The number of anilines is 1. The Bertz CT molecular complexity index is 645. The van der Waals surface area contributed by atoms with Crippen molar-refractivity contribution in [3.05, 3.63) is 48.5 Å². The Morgan fingerprint density at radius 2 is 1.68 bits per heavy atom. The lowest BCUT2D eigenvalue weighted by atomic mass is 10.0. The third kappa shape index (κ3) is 4.25. The molecular formula is C18H21NO3. The van der Waals surface area contributed by atoms with E-state index in [2.05, 4.69) is 5.32 Å². The number of hydrogen-bond donors (Lipinski definition) is 1. The molecule has 0 bridgehead atoms. The van der Waals surface area contributed by atoms with Gasteiger partial charge in [0.2, 0.25) is 0 Å². The molecule has 22 heavy (non-hydrogen) atoms. The van der Waals surface area contributed by atoms with Crippen molar-refractivity contribution >= 4 is 11.8 Å². The minimum absolute atomic E-state index is 0.504. The van der Waals surface area contributed by atoms with Crippen LogP contribution in [0.3, 0.4) is 0 Å². The molecule has 2 aromatic carbocycles. The van der Waals surface area contributed by atoms with Crippen molar-refractivity contribution in [2.45, 2.75) is 26.4 Å². The first-order valence-corrected chi connectivity index (χ1v) is 7.12. The molecule has 0 radical (unpaired) electrons. The van der Waals surface area contributed by atoms with Crippen LogP contribution in [0.15, 0.2) is 48.5 Å². The number of methoxy groups -OCH3 is 1. The molecule has 2 aromatic rings. The lowest BCUT2D eigenvalue weighted by molar-refractivity contribution is 0.0635. The van der Waals surface area contributed by atoms with E-state index in [4.69, 9.17) is 9.47 Å². The predicted octanol–water partition coefficient (Wildman–Crippen LogP) is 4.71. The molecule has 0 fully saturated rings. The van der Waals surface area contributed by atoms with Gasteiger partial charge in [0.25, 0.3) is 0 Å². The Morgan fingerprint density at radius 3 is 2.27 bits per heavy atom. The molecule has 0 aliphatic carbocycles. The number of hydrogen-bond acceptors (Lipinski definition) is 3. The number of carbonyl (C=O) groups excluding carboxylic acids is 1. The Morgan fingerprint density at radius 1 is 1.00 bits per heavy atom. The highest BCUT2D eigenvalue weighted by atomic mass is 16.6. The molecule has 0 aromatic heterocycles. The second kappa shape index (κ2) is 6.52. The van der Waals surface area contributed by atoms with E-state index in [-0.39, 0.29) is 0 Å². The first-order chi connectivity index (χ1) is 10.4. The van der Waals surface area contributed by atoms with Gasteiger partial charge < -0.3 is 9.47 Å². The average molecular weight is 299 g/mol. The average Bonchev–Trinajstić information content (AvgIpc) is 2.46. The van der Waals surface area contributed by atoms with Gasteiger partial charge in [0, 0.05) is 0 Å². The van der Waals surface area contributed by atoms with Gasteiger partial charge in [0.15, 0.2) is 0 Å². The largest absolute Gasteiger partial charge is 0.495 e. The molecule has 4 nitrogen and oxygen atoms in total. The van der Waals surface area contributed by atoms with Crippen LogP contribution in [0.1, 0.15) is 20.8 Å². The summed E-state index contributed by atoms with van der Waals surface area (Å²) in [5, 5.41) is 2.74. The van der Waals surface area contributed by atoms with Gasteiger partial charge in [0.1, 0.15) is 11.4 Å². The zero-order chi connectivity index (χ0) is 16.2. The second-order valence-electron chi connectivity index (χ2n) is 5.91. The fourth-order valence-corrected chi connectivity index (χ4v) is 2.03. The monoisotopic (exact) mass is 299 g/mol. The third-order valence-corrected chi connectivity index (χ3v) is 2.94. The number of amides is 1. The molecule has 1 amide bonds. The molecule has 0 saturated heterocycles. The molecule has 116 valence electrons. The fraction of sp³-hybridized carbons (Fsp3) is 0.278. The summed E-state index contributed by atoms with van der Waals surface area (Å²) in [4.78, 5) is 12.0. The third-order valence-electron chi connectivity index (χ3n) is 2.94. The maximum atomic E-state index is 12.0. The van der Waals surface area contributed by atoms with Crippen LogP contribution < -0.4 is 10.1 Å². The van der Waals surface area contributed by atoms with Crippen LogP contribution in [0.2, 0.25) is 0 Å². The van der Waals surface area contributed by atoms with Crippen molar-refractivity contribution in [2.75, 3.05) is 12.4 Å². The van der Waals surface area contributed by atoms with Gasteiger partial charge in [0.05, 0.1) is 12.8 Å². The van der Waals surface area contributed by atoms with E-state index in [1.54, 1.807) is 7.11 Å². The Kier molecular flexibility index (Phi) is 4.71. The van der Waals surface area contributed by atoms with Crippen molar-refractivity contribution < 1.29 is 14.3 Å². The number of nitrogens with one attached hydrogen (secondary N) is 1. The number of ether oxygens (including phenoxy) is 2. The smallest absolute Gasteiger partial charge is 0.412 e. The van der Waals surface area contributed by atoms with E-state index in [1.807, 2.05) is 69.3 Å². The summed E-state index contributed by atoms with van der Waals surface area (Å²) in [5.74, 6) is 0.588. The maximum Gasteiger partial charge on any atom is 0.412 e. The Hall–Kier alpha value is -2.49. The van der Waals surface area contributed by atoms with Crippen molar-refractivity contribution in [2.24, 2.45) is 0 Å². The zero-order valence-corrected chi connectivity index (χ0v) is 13.3. The molecule has 0 heterocycles. The lowest BCUT2D eigenvalue weighted by Crippen LogP contribution is -2.27. The van der Waals surface area contributed by atoms with Crippen LogP contribution in [-0.4, -0.2) is 18.8 Å². The minimum Gasteiger partial charge on any atom is -0.495 e. The second-order valence-corrected chi connectivity index (χ2v) is 5.91. The van der Waals surface area contributed by atoms with E-state index < -0.39 is 11.7 Å². The Balaban J connectivity index is 2.27. The van der Waals surface area contributed by atoms with Gasteiger partial charge in [-0.2, -0.15) is 0 Å². The number of carbonyl (C=O) groups is 1. The molecule has 0 aliphatic heterocycles. The molecular weight excluding hydrogens is 278 g/mol. The van der Waals surface area contributed by atoms with Crippen molar-refractivity contribution in [3.8, 4) is 16.9 Å². The van der Waals surface area contributed by atoms with Crippen molar-refractivity contribution in [1.29, 1.82) is 0 Å². The first kappa shape index (κ1) is 15.9. The maximum absolute atomic E-state index is 12.0. The van der Waals surface area contributed by atoms with E-state index in [0.29, 0.717) is 11.4 Å². The van der Waals surface area contributed by atoms with Crippen LogP contribution >= 0.6 is 0 Å². The van der Waals surface area contributed by atoms with Crippen molar-refractivity contribution in [3.63, 3.8) is 0 Å². The highest BCUT2D eigenvalue weighted by Crippen LogP contribution is 2.30. The predicted molar refractivity (Wildman–Crippen MR) is 88.3 cm³/mol. The quantitative estimate of drug-likeness (QED) is 0.893. The van der Waals surface area contributed by atoms with Gasteiger partial charge in [-0.1, -0.05) is 36.4 Å². The molecule has 1 N–H and O–H groups in total. The first-order valence-electron chi connectivity index (χ1n) is 7.12.